The number of rotatable bonds is 7. The summed E-state index contributed by atoms with van der Waals surface area (Å²) in [6.07, 6.45) is 2.07. The summed E-state index contributed by atoms with van der Waals surface area (Å²) in [7, 11) is 0. The van der Waals surface area contributed by atoms with Crippen LogP contribution in [0, 0.1) is 11.6 Å². The van der Waals surface area contributed by atoms with Crippen LogP contribution in [0.1, 0.15) is 36.8 Å². The Hall–Kier alpha value is -2.23. The van der Waals surface area contributed by atoms with E-state index in [0.717, 1.165) is 24.5 Å². The van der Waals surface area contributed by atoms with Crippen LogP contribution in [0.15, 0.2) is 48.5 Å². The number of benzene rings is 2. The molecule has 0 aliphatic rings. The van der Waals surface area contributed by atoms with Gasteiger partial charge in [0, 0.05) is 12.6 Å². The third kappa shape index (κ3) is 5.16. The van der Waals surface area contributed by atoms with Crippen LogP contribution >= 0.6 is 0 Å². The average Bonchev–Trinajstić information content (AvgIpc) is 2.52. The van der Waals surface area contributed by atoms with Gasteiger partial charge in [-0.3, -0.25) is 4.79 Å². The van der Waals surface area contributed by atoms with E-state index in [1.54, 1.807) is 0 Å². The number of amides is 1. The van der Waals surface area contributed by atoms with Gasteiger partial charge in [0.2, 0.25) is 5.91 Å². The second-order valence-electron chi connectivity index (χ2n) is 5.57. The lowest BCUT2D eigenvalue weighted by atomic mass is 9.93. The molecule has 1 atom stereocenters. The maximum absolute atomic E-state index is 13.1. The Kier molecular flexibility index (Phi) is 6.27. The summed E-state index contributed by atoms with van der Waals surface area (Å²) < 4.78 is 26.3. The molecule has 2 aromatic rings. The second-order valence-corrected chi connectivity index (χ2v) is 5.57. The van der Waals surface area contributed by atoms with Gasteiger partial charge < -0.3 is 5.32 Å². The Morgan fingerprint density at radius 1 is 1.09 bits per heavy atom. The number of nitrogens with one attached hydrogen (secondary N) is 1. The molecule has 23 heavy (non-hydrogen) atoms. The molecular weight excluding hydrogens is 296 g/mol. The summed E-state index contributed by atoms with van der Waals surface area (Å²) in [6.45, 7) is 2.40. The number of halogens is 2. The molecule has 4 heteroatoms. The van der Waals surface area contributed by atoms with E-state index in [9.17, 15) is 13.6 Å². The third-order valence-corrected chi connectivity index (χ3v) is 3.73. The predicted octanol–water partition coefficient (Wildman–Crippen LogP) is 4.21. The van der Waals surface area contributed by atoms with Crippen LogP contribution in [-0.4, -0.2) is 12.5 Å². The van der Waals surface area contributed by atoms with Crippen molar-refractivity contribution in [3.8, 4) is 0 Å². The zero-order valence-corrected chi connectivity index (χ0v) is 13.2. The van der Waals surface area contributed by atoms with Crippen molar-refractivity contribution in [2.75, 3.05) is 6.54 Å². The van der Waals surface area contributed by atoms with E-state index in [4.69, 9.17) is 0 Å². The summed E-state index contributed by atoms with van der Waals surface area (Å²) in [5.41, 5.74) is 1.53. The van der Waals surface area contributed by atoms with E-state index in [1.165, 1.54) is 12.1 Å². The van der Waals surface area contributed by atoms with Crippen LogP contribution in [-0.2, 0) is 11.2 Å². The van der Waals surface area contributed by atoms with Gasteiger partial charge in [-0.25, -0.2) is 8.78 Å². The molecule has 0 fully saturated rings. The summed E-state index contributed by atoms with van der Waals surface area (Å²) in [4.78, 5) is 12.4. The third-order valence-electron chi connectivity index (χ3n) is 3.73. The molecule has 0 saturated carbocycles. The SMILES string of the molecule is CCCC(C(=O)NCCc1cc(F)cc(F)c1)c1ccccc1. The van der Waals surface area contributed by atoms with E-state index < -0.39 is 11.6 Å². The molecule has 1 unspecified atom stereocenters. The molecule has 0 aromatic heterocycles. The average molecular weight is 317 g/mol. The van der Waals surface area contributed by atoms with E-state index in [1.807, 2.05) is 37.3 Å². The molecule has 2 rings (SSSR count). The quantitative estimate of drug-likeness (QED) is 0.814. The molecule has 1 amide bonds. The van der Waals surface area contributed by atoms with Gasteiger partial charge in [0.15, 0.2) is 0 Å². The molecule has 0 aliphatic heterocycles. The highest BCUT2D eigenvalue weighted by Gasteiger charge is 2.18. The number of hydrogen-bond acceptors (Lipinski definition) is 1. The van der Waals surface area contributed by atoms with Crippen molar-refractivity contribution in [3.05, 3.63) is 71.3 Å². The maximum atomic E-state index is 13.1. The Balaban J connectivity index is 1.94. The summed E-state index contributed by atoms with van der Waals surface area (Å²) in [6, 6.07) is 13.1. The van der Waals surface area contributed by atoms with Crippen LogP contribution in [0.5, 0.6) is 0 Å². The van der Waals surface area contributed by atoms with Crippen molar-refractivity contribution >= 4 is 5.91 Å². The van der Waals surface area contributed by atoms with E-state index in [-0.39, 0.29) is 11.8 Å². The molecule has 0 spiro atoms. The fourth-order valence-electron chi connectivity index (χ4n) is 2.63. The summed E-state index contributed by atoms with van der Waals surface area (Å²) in [5.74, 6) is -1.43. The molecule has 0 bridgehead atoms. The lowest BCUT2D eigenvalue weighted by Crippen LogP contribution is -2.31. The van der Waals surface area contributed by atoms with Gasteiger partial charge in [-0.2, -0.15) is 0 Å². The molecule has 0 heterocycles. The standard InChI is InChI=1S/C19H21F2NO/c1-2-6-18(15-7-4-3-5-8-15)19(23)22-10-9-14-11-16(20)13-17(21)12-14/h3-5,7-8,11-13,18H,2,6,9-10H2,1H3,(H,22,23). The zero-order chi connectivity index (χ0) is 16.7. The fraction of sp³-hybridized carbons (Fsp3) is 0.316. The largest absolute Gasteiger partial charge is 0.355 e. The van der Waals surface area contributed by atoms with Crippen molar-refractivity contribution in [1.82, 2.24) is 5.32 Å². The van der Waals surface area contributed by atoms with Gasteiger partial charge in [-0.05, 0) is 36.1 Å². The van der Waals surface area contributed by atoms with Gasteiger partial charge in [0.1, 0.15) is 11.6 Å². The van der Waals surface area contributed by atoms with Crippen molar-refractivity contribution in [2.45, 2.75) is 32.1 Å². The molecule has 0 saturated heterocycles. The predicted molar refractivity (Wildman–Crippen MR) is 87.2 cm³/mol. The minimum atomic E-state index is -0.598. The lowest BCUT2D eigenvalue weighted by Gasteiger charge is -2.16. The highest BCUT2D eigenvalue weighted by Crippen LogP contribution is 2.21. The van der Waals surface area contributed by atoms with Gasteiger partial charge >= 0.3 is 0 Å². The molecule has 1 N–H and O–H groups in total. The number of hydrogen-bond donors (Lipinski definition) is 1. The molecular formula is C19H21F2NO. The Labute approximate surface area is 135 Å². The first-order valence-corrected chi connectivity index (χ1v) is 7.87. The Bertz CT molecular complexity index is 623. The highest BCUT2D eigenvalue weighted by molar-refractivity contribution is 5.83. The molecule has 2 nitrogen and oxygen atoms in total. The van der Waals surface area contributed by atoms with Gasteiger partial charge in [-0.15, -0.1) is 0 Å². The van der Waals surface area contributed by atoms with Crippen LogP contribution in [0.25, 0.3) is 0 Å². The van der Waals surface area contributed by atoms with Gasteiger partial charge in [0.05, 0.1) is 5.92 Å². The van der Waals surface area contributed by atoms with Crippen molar-refractivity contribution < 1.29 is 13.6 Å². The number of carbonyl (C=O) groups is 1. The monoisotopic (exact) mass is 317 g/mol. The highest BCUT2D eigenvalue weighted by atomic mass is 19.1. The summed E-state index contributed by atoms with van der Waals surface area (Å²) in [5, 5.41) is 2.87. The minimum absolute atomic E-state index is 0.0464. The normalized spacial score (nSPS) is 12.0. The first kappa shape index (κ1) is 17.1. The smallest absolute Gasteiger partial charge is 0.227 e. The Morgan fingerprint density at radius 2 is 1.74 bits per heavy atom. The maximum Gasteiger partial charge on any atom is 0.227 e. The molecule has 2 aromatic carbocycles. The zero-order valence-electron chi connectivity index (χ0n) is 13.2. The topological polar surface area (TPSA) is 29.1 Å². The van der Waals surface area contributed by atoms with Crippen molar-refractivity contribution in [3.63, 3.8) is 0 Å². The van der Waals surface area contributed by atoms with Crippen LogP contribution in [0.2, 0.25) is 0 Å². The van der Waals surface area contributed by atoms with Crippen molar-refractivity contribution in [2.24, 2.45) is 0 Å². The summed E-state index contributed by atoms with van der Waals surface area (Å²) >= 11 is 0. The van der Waals surface area contributed by atoms with Crippen molar-refractivity contribution in [1.29, 1.82) is 0 Å². The van der Waals surface area contributed by atoms with Crippen LogP contribution < -0.4 is 5.32 Å². The van der Waals surface area contributed by atoms with E-state index in [0.29, 0.717) is 18.5 Å². The fourth-order valence-corrected chi connectivity index (χ4v) is 2.63. The van der Waals surface area contributed by atoms with E-state index >= 15 is 0 Å². The van der Waals surface area contributed by atoms with Gasteiger partial charge in [0.25, 0.3) is 0 Å². The molecule has 0 radical (unpaired) electrons. The molecule has 0 aliphatic carbocycles. The van der Waals surface area contributed by atoms with Crippen LogP contribution in [0.3, 0.4) is 0 Å². The number of carbonyl (C=O) groups excluding carboxylic acids is 1. The first-order chi connectivity index (χ1) is 11.1. The second kappa shape index (κ2) is 8.42. The lowest BCUT2D eigenvalue weighted by molar-refractivity contribution is -0.122. The molecule has 122 valence electrons. The Morgan fingerprint density at radius 3 is 2.35 bits per heavy atom. The van der Waals surface area contributed by atoms with Gasteiger partial charge in [-0.1, -0.05) is 43.7 Å². The van der Waals surface area contributed by atoms with Crippen LogP contribution in [0.4, 0.5) is 8.78 Å². The first-order valence-electron chi connectivity index (χ1n) is 7.87. The van der Waals surface area contributed by atoms with E-state index in [2.05, 4.69) is 5.32 Å². The minimum Gasteiger partial charge on any atom is -0.355 e.